The van der Waals surface area contributed by atoms with Gasteiger partial charge in [-0.2, -0.15) is 0 Å². The molecule has 5 nitrogen and oxygen atoms in total. The molecule has 0 aliphatic carbocycles. The molecule has 0 aromatic carbocycles. The van der Waals surface area contributed by atoms with Crippen molar-refractivity contribution < 1.29 is 14.3 Å². The zero-order valence-electron chi connectivity index (χ0n) is 10.4. The highest BCUT2D eigenvalue weighted by Gasteiger charge is 2.07. The molecule has 0 aliphatic heterocycles. The second kappa shape index (κ2) is 7.09. The smallest absolute Gasteiger partial charge is 0.338 e. The second-order valence-corrected chi connectivity index (χ2v) is 4.29. The molecule has 96 valence electrons. The molecule has 0 aliphatic rings. The predicted molar refractivity (Wildman–Crippen MR) is 65.2 cm³/mol. The number of unbranched alkanes of at least 4 members (excludes halogenated alkanes) is 1. The average Bonchev–Trinajstić information content (AvgIpc) is 2.71. The Morgan fingerprint density at radius 2 is 2.24 bits per heavy atom. The van der Waals surface area contributed by atoms with Gasteiger partial charge in [0, 0.05) is 0 Å². The maximum atomic E-state index is 10.6. The van der Waals surface area contributed by atoms with Gasteiger partial charge in [-0.3, -0.25) is 0 Å². The molecule has 0 saturated carbocycles. The van der Waals surface area contributed by atoms with Crippen molar-refractivity contribution in [1.29, 1.82) is 0 Å². The number of nitrogens with one attached hydrogen (secondary N) is 1. The molecule has 0 amide bonds. The largest absolute Gasteiger partial charge is 0.478 e. The van der Waals surface area contributed by atoms with Crippen molar-refractivity contribution in [1.82, 2.24) is 10.2 Å². The van der Waals surface area contributed by atoms with E-state index in [0.717, 1.165) is 25.9 Å². The highest BCUT2D eigenvalue weighted by molar-refractivity contribution is 5.87. The Morgan fingerprint density at radius 1 is 1.47 bits per heavy atom. The van der Waals surface area contributed by atoms with Crippen LogP contribution in [0.15, 0.2) is 16.7 Å². The molecule has 0 radical (unpaired) electrons. The zero-order valence-corrected chi connectivity index (χ0v) is 10.4. The van der Waals surface area contributed by atoms with Crippen LogP contribution in [0.2, 0.25) is 0 Å². The summed E-state index contributed by atoms with van der Waals surface area (Å²) < 4.78 is 5.12. The van der Waals surface area contributed by atoms with Crippen LogP contribution < -0.4 is 5.32 Å². The molecular weight excluding hydrogens is 220 g/mol. The minimum Gasteiger partial charge on any atom is -0.478 e. The number of carboxylic acid groups (broad SMARTS) is 1. The highest BCUT2D eigenvalue weighted by atomic mass is 16.4. The van der Waals surface area contributed by atoms with E-state index in [4.69, 9.17) is 9.52 Å². The lowest BCUT2D eigenvalue weighted by Crippen LogP contribution is -2.17. The molecule has 1 aromatic rings. The predicted octanol–water partition coefficient (Wildman–Crippen LogP) is 1.41. The van der Waals surface area contributed by atoms with Crippen molar-refractivity contribution in [3.05, 3.63) is 23.7 Å². The molecule has 0 unspecified atom stereocenters. The number of aromatic carboxylic acids is 1. The van der Waals surface area contributed by atoms with Crippen molar-refractivity contribution in [2.75, 3.05) is 27.2 Å². The maximum absolute atomic E-state index is 10.6. The van der Waals surface area contributed by atoms with Crippen molar-refractivity contribution in [3.63, 3.8) is 0 Å². The number of furan rings is 1. The first-order valence-electron chi connectivity index (χ1n) is 5.75. The van der Waals surface area contributed by atoms with Crippen molar-refractivity contribution in [2.24, 2.45) is 0 Å². The normalized spacial score (nSPS) is 11.0. The van der Waals surface area contributed by atoms with Crippen LogP contribution in [0.3, 0.4) is 0 Å². The number of carboxylic acids is 1. The van der Waals surface area contributed by atoms with Gasteiger partial charge in [0.15, 0.2) is 0 Å². The van der Waals surface area contributed by atoms with Crippen molar-refractivity contribution in [3.8, 4) is 0 Å². The Labute approximate surface area is 101 Å². The molecule has 0 bridgehead atoms. The topological polar surface area (TPSA) is 65.7 Å². The lowest BCUT2D eigenvalue weighted by molar-refractivity contribution is 0.0696. The van der Waals surface area contributed by atoms with Gasteiger partial charge in [-0.15, -0.1) is 0 Å². The summed E-state index contributed by atoms with van der Waals surface area (Å²) in [5.74, 6) is -0.291. The Morgan fingerprint density at radius 3 is 2.82 bits per heavy atom. The number of nitrogens with zero attached hydrogens (tertiary/aromatic N) is 1. The molecule has 0 spiro atoms. The van der Waals surface area contributed by atoms with Gasteiger partial charge >= 0.3 is 5.97 Å². The van der Waals surface area contributed by atoms with Gasteiger partial charge in [0.2, 0.25) is 0 Å². The Hall–Kier alpha value is -1.33. The quantitative estimate of drug-likeness (QED) is 0.672. The van der Waals surface area contributed by atoms with Gasteiger partial charge in [0.25, 0.3) is 0 Å². The Balaban J connectivity index is 2.11. The van der Waals surface area contributed by atoms with E-state index in [1.165, 1.54) is 6.26 Å². The van der Waals surface area contributed by atoms with E-state index in [1.807, 2.05) is 0 Å². The first-order chi connectivity index (χ1) is 8.09. The number of hydrogen-bond acceptors (Lipinski definition) is 4. The second-order valence-electron chi connectivity index (χ2n) is 4.29. The minimum absolute atomic E-state index is 0.203. The fraction of sp³-hybridized carbons (Fsp3) is 0.583. The van der Waals surface area contributed by atoms with Gasteiger partial charge in [-0.1, -0.05) is 0 Å². The molecule has 1 heterocycles. The molecule has 0 fully saturated rings. The summed E-state index contributed by atoms with van der Waals surface area (Å²) in [4.78, 5) is 12.8. The van der Waals surface area contributed by atoms with Gasteiger partial charge in [-0.05, 0) is 46.1 Å². The first-order valence-corrected chi connectivity index (χ1v) is 5.75. The van der Waals surface area contributed by atoms with E-state index < -0.39 is 5.97 Å². The van der Waals surface area contributed by atoms with Gasteiger partial charge < -0.3 is 19.7 Å². The molecule has 2 N–H and O–H groups in total. The molecular formula is C12H20N2O3. The van der Waals surface area contributed by atoms with E-state index in [-0.39, 0.29) is 5.56 Å². The van der Waals surface area contributed by atoms with Crippen LogP contribution in [0.25, 0.3) is 0 Å². The third-order valence-electron chi connectivity index (χ3n) is 2.41. The molecule has 5 heteroatoms. The van der Waals surface area contributed by atoms with Crippen LogP contribution >= 0.6 is 0 Å². The van der Waals surface area contributed by atoms with Crippen molar-refractivity contribution in [2.45, 2.75) is 19.4 Å². The van der Waals surface area contributed by atoms with Gasteiger partial charge in [0.05, 0.1) is 12.1 Å². The SMILES string of the molecule is CN(C)CCCCNCc1cc(C(=O)O)co1. The molecule has 0 saturated heterocycles. The van der Waals surface area contributed by atoms with E-state index in [0.29, 0.717) is 12.3 Å². The Bertz CT molecular complexity index is 347. The molecule has 17 heavy (non-hydrogen) atoms. The van der Waals surface area contributed by atoms with E-state index >= 15 is 0 Å². The number of rotatable bonds is 8. The number of carbonyl (C=O) groups is 1. The first kappa shape index (κ1) is 13.7. The fourth-order valence-electron chi connectivity index (χ4n) is 1.48. The van der Waals surface area contributed by atoms with Crippen molar-refractivity contribution >= 4 is 5.97 Å². The van der Waals surface area contributed by atoms with E-state index in [1.54, 1.807) is 6.07 Å². The third kappa shape index (κ3) is 5.51. The highest BCUT2D eigenvalue weighted by Crippen LogP contribution is 2.07. The summed E-state index contributed by atoms with van der Waals surface area (Å²) in [6, 6.07) is 1.55. The Kier molecular flexibility index (Phi) is 5.72. The molecule has 1 rings (SSSR count). The lowest BCUT2D eigenvalue weighted by Gasteiger charge is -2.08. The molecule has 1 aromatic heterocycles. The standard InChI is InChI=1S/C12H20N2O3/c1-14(2)6-4-3-5-13-8-11-7-10(9-17-11)12(15)16/h7,9,13H,3-6,8H2,1-2H3,(H,15,16). The summed E-state index contributed by atoms with van der Waals surface area (Å²) in [6.07, 6.45) is 3.52. The van der Waals surface area contributed by atoms with Crippen LogP contribution in [-0.2, 0) is 6.54 Å². The summed E-state index contributed by atoms with van der Waals surface area (Å²) in [5, 5.41) is 11.9. The van der Waals surface area contributed by atoms with Crippen LogP contribution in [0.5, 0.6) is 0 Å². The zero-order chi connectivity index (χ0) is 12.7. The van der Waals surface area contributed by atoms with Crippen LogP contribution in [-0.4, -0.2) is 43.2 Å². The lowest BCUT2D eigenvalue weighted by atomic mass is 10.3. The third-order valence-corrected chi connectivity index (χ3v) is 2.41. The van der Waals surface area contributed by atoms with E-state index in [9.17, 15) is 4.79 Å². The summed E-state index contributed by atoms with van der Waals surface area (Å²) in [6.45, 7) is 2.58. The summed E-state index contributed by atoms with van der Waals surface area (Å²) >= 11 is 0. The monoisotopic (exact) mass is 240 g/mol. The van der Waals surface area contributed by atoms with Gasteiger partial charge in [-0.25, -0.2) is 4.79 Å². The summed E-state index contributed by atoms with van der Waals surface area (Å²) in [5.41, 5.74) is 0.203. The van der Waals surface area contributed by atoms with Gasteiger partial charge in [0.1, 0.15) is 12.0 Å². The molecule has 0 atom stereocenters. The summed E-state index contributed by atoms with van der Waals surface area (Å²) in [7, 11) is 4.12. The van der Waals surface area contributed by atoms with E-state index in [2.05, 4.69) is 24.3 Å². The van der Waals surface area contributed by atoms with Crippen LogP contribution in [0, 0.1) is 0 Å². The van der Waals surface area contributed by atoms with Crippen LogP contribution in [0.4, 0.5) is 0 Å². The minimum atomic E-state index is -0.953. The average molecular weight is 240 g/mol. The maximum Gasteiger partial charge on any atom is 0.338 e. The van der Waals surface area contributed by atoms with Crippen LogP contribution in [0.1, 0.15) is 29.0 Å². The fourth-order valence-corrected chi connectivity index (χ4v) is 1.48. The number of hydrogen-bond donors (Lipinski definition) is 2.